The van der Waals surface area contributed by atoms with Gasteiger partial charge >= 0.3 is 0 Å². The third-order valence-corrected chi connectivity index (χ3v) is 3.22. The lowest BCUT2D eigenvalue weighted by Gasteiger charge is -2.35. The lowest BCUT2D eigenvalue weighted by molar-refractivity contribution is -0.0585. The van der Waals surface area contributed by atoms with Gasteiger partial charge in [0.25, 0.3) is 5.91 Å². The minimum absolute atomic E-state index is 0.0318. The fourth-order valence-corrected chi connectivity index (χ4v) is 2.49. The summed E-state index contributed by atoms with van der Waals surface area (Å²) in [5, 5.41) is 4.15. The number of hydrogen-bond donors (Lipinski definition) is 0. The van der Waals surface area contributed by atoms with E-state index in [1.807, 2.05) is 18.7 Å². The van der Waals surface area contributed by atoms with Gasteiger partial charge in [-0.1, -0.05) is 0 Å². The lowest BCUT2D eigenvalue weighted by Crippen LogP contribution is -2.48. The second kappa shape index (κ2) is 4.62. The van der Waals surface area contributed by atoms with Gasteiger partial charge in [0.15, 0.2) is 5.65 Å². The smallest absolute Gasteiger partial charge is 0.259 e. The standard InChI is InChI=1S/C13H16N4O2/c1-9-7-16(8-10(2)19-9)13(18)11-6-15-17-5-3-4-14-12(11)17/h3-6,9-10H,7-8H2,1-2H3/t9-,10-/m0/s1. The Morgan fingerprint density at radius 3 is 2.84 bits per heavy atom. The number of aromatic nitrogens is 3. The van der Waals surface area contributed by atoms with Crippen molar-refractivity contribution in [1.82, 2.24) is 19.5 Å². The molecule has 0 saturated carbocycles. The normalized spacial score (nSPS) is 23.8. The zero-order valence-electron chi connectivity index (χ0n) is 11.0. The second-order valence-corrected chi connectivity index (χ2v) is 4.91. The molecule has 0 unspecified atom stereocenters. The zero-order valence-corrected chi connectivity index (χ0v) is 11.0. The number of carbonyl (C=O) groups excluding carboxylic acids is 1. The molecule has 1 aliphatic rings. The van der Waals surface area contributed by atoms with Crippen molar-refractivity contribution in [3.8, 4) is 0 Å². The van der Waals surface area contributed by atoms with Gasteiger partial charge in [-0.2, -0.15) is 5.10 Å². The Kier molecular flexibility index (Phi) is 2.94. The van der Waals surface area contributed by atoms with Crippen LogP contribution in [0.5, 0.6) is 0 Å². The molecular formula is C13H16N4O2. The first kappa shape index (κ1) is 12.1. The number of ether oxygens (including phenoxy) is 1. The Balaban J connectivity index is 1.91. The Hall–Kier alpha value is -1.95. The maximum Gasteiger partial charge on any atom is 0.259 e. The summed E-state index contributed by atoms with van der Waals surface area (Å²) in [5.41, 5.74) is 1.14. The zero-order chi connectivity index (χ0) is 13.4. The van der Waals surface area contributed by atoms with Crippen molar-refractivity contribution in [2.24, 2.45) is 0 Å². The maximum atomic E-state index is 12.5. The van der Waals surface area contributed by atoms with Crippen LogP contribution in [0.25, 0.3) is 5.65 Å². The summed E-state index contributed by atoms with van der Waals surface area (Å²) in [4.78, 5) is 18.6. The van der Waals surface area contributed by atoms with Gasteiger partial charge in [0.1, 0.15) is 5.56 Å². The number of fused-ring (bicyclic) bond motifs is 1. The Morgan fingerprint density at radius 2 is 2.11 bits per heavy atom. The first-order valence-electron chi connectivity index (χ1n) is 6.38. The third kappa shape index (κ3) is 2.19. The maximum absolute atomic E-state index is 12.5. The van der Waals surface area contributed by atoms with E-state index in [0.717, 1.165) is 0 Å². The number of amides is 1. The molecule has 2 aromatic heterocycles. The van der Waals surface area contributed by atoms with Gasteiger partial charge in [0.2, 0.25) is 0 Å². The topological polar surface area (TPSA) is 59.7 Å². The van der Waals surface area contributed by atoms with E-state index < -0.39 is 0 Å². The third-order valence-electron chi connectivity index (χ3n) is 3.22. The SMILES string of the molecule is C[C@H]1CN(C(=O)c2cnn3cccnc23)C[C@H](C)O1. The van der Waals surface area contributed by atoms with Crippen LogP contribution in [0.15, 0.2) is 24.7 Å². The molecule has 3 heterocycles. The quantitative estimate of drug-likeness (QED) is 0.767. The number of morpholine rings is 1. The average molecular weight is 260 g/mol. The van der Waals surface area contributed by atoms with Crippen molar-refractivity contribution in [1.29, 1.82) is 0 Å². The molecule has 0 spiro atoms. The summed E-state index contributed by atoms with van der Waals surface area (Å²) < 4.78 is 7.25. The minimum atomic E-state index is -0.0318. The van der Waals surface area contributed by atoms with E-state index >= 15 is 0 Å². The average Bonchev–Trinajstić information content (AvgIpc) is 2.80. The number of hydrogen-bond acceptors (Lipinski definition) is 4. The van der Waals surface area contributed by atoms with E-state index in [1.165, 1.54) is 0 Å². The van der Waals surface area contributed by atoms with Gasteiger partial charge in [0, 0.05) is 25.5 Å². The fourth-order valence-electron chi connectivity index (χ4n) is 2.49. The predicted molar refractivity (Wildman–Crippen MR) is 68.9 cm³/mol. The molecular weight excluding hydrogens is 244 g/mol. The van der Waals surface area contributed by atoms with Crippen LogP contribution in [0.1, 0.15) is 24.2 Å². The van der Waals surface area contributed by atoms with Crippen LogP contribution in [0.4, 0.5) is 0 Å². The van der Waals surface area contributed by atoms with Gasteiger partial charge in [-0.25, -0.2) is 9.50 Å². The first-order chi connectivity index (χ1) is 9.15. The monoisotopic (exact) mass is 260 g/mol. The van der Waals surface area contributed by atoms with Crippen LogP contribution in [-0.2, 0) is 4.74 Å². The highest BCUT2D eigenvalue weighted by Gasteiger charge is 2.28. The van der Waals surface area contributed by atoms with E-state index in [1.54, 1.807) is 29.2 Å². The van der Waals surface area contributed by atoms with Crippen LogP contribution in [0, 0.1) is 0 Å². The van der Waals surface area contributed by atoms with Crippen LogP contribution in [0.3, 0.4) is 0 Å². The molecule has 2 aromatic rings. The molecule has 1 saturated heterocycles. The van der Waals surface area contributed by atoms with Crippen molar-refractivity contribution >= 4 is 11.6 Å². The highest BCUT2D eigenvalue weighted by atomic mass is 16.5. The van der Waals surface area contributed by atoms with Crippen LogP contribution in [0.2, 0.25) is 0 Å². The second-order valence-electron chi connectivity index (χ2n) is 4.91. The summed E-state index contributed by atoms with van der Waals surface area (Å²) >= 11 is 0. The van der Waals surface area contributed by atoms with E-state index in [-0.39, 0.29) is 18.1 Å². The van der Waals surface area contributed by atoms with Crippen molar-refractivity contribution < 1.29 is 9.53 Å². The highest BCUT2D eigenvalue weighted by molar-refractivity contribution is 5.99. The van der Waals surface area contributed by atoms with Gasteiger partial charge in [0.05, 0.1) is 18.4 Å². The van der Waals surface area contributed by atoms with E-state index in [9.17, 15) is 4.79 Å². The molecule has 19 heavy (non-hydrogen) atoms. The summed E-state index contributed by atoms with van der Waals surface area (Å²) in [6, 6.07) is 1.78. The molecule has 100 valence electrons. The van der Waals surface area contributed by atoms with E-state index in [0.29, 0.717) is 24.3 Å². The van der Waals surface area contributed by atoms with Crippen LogP contribution < -0.4 is 0 Å². The Labute approximate surface area is 111 Å². The lowest BCUT2D eigenvalue weighted by atomic mass is 10.2. The molecule has 0 radical (unpaired) electrons. The molecule has 6 nitrogen and oxygen atoms in total. The molecule has 0 bridgehead atoms. The highest BCUT2D eigenvalue weighted by Crippen LogP contribution is 2.16. The van der Waals surface area contributed by atoms with Crippen molar-refractivity contribution in [2.45, 2.75) is 26.1 Å². The molecule has 3 rings (SSSR count). The molecule has 0 aliphatic carbocycles. The predicted octanol–water partition coefficient (Wildman–Crippen LogP) is 0.979. The molecule has 0 N–H and O–H groups in total. The van der Waals surface area contributed by atoms with Crippen LogP contribution >= 0.6 is 0 Å². The Bertz CT molecular complexity index is 599. The van der Waals surface area contributed by atoms with Gasteiger partial charge in [-0.05, 0) is 19.9 Å². The summed E-state index contributed by atoms with van der Waals surface area (Å²) in [7, 11) is 0. The Morgan fingerprint density at radius 1 is 1.37 bits per heavy atom. The molecule has 6 heteroatoms. The van der Waals surface area contributed by atoms with Crippen LogP contribution in [-0.4, -0.2) is 50.7 Å². The van der Waals surface area contributed by atoms with Crippen molar-refractivity contribution in [3.63, 3.8) is 0 Å². The summed E-state index contributed by atoms with van der Waals surface area (Å²) in [6.45, 7) is 5.16. The molecule has 1 aliphatic heterocycles. The van der Waals surface area contributed by atoms with Crippen molar-refractivity contribution in [2.75, 3.05) is 13.1 Å². The van der Waals surface area contributed by atoms with Gasteiger partial charge in [-0.15, -0.1) is 0 Å². The molecule has 2 atom stereocenters. The first-order valence-corrected chi connectivity index (χ1v) is 6.38. The summed E-state index contributed by atoms with van der Waals surface area (Å²) in [6.07, 6.45) is 5.14. The largest absolute Gasteiger partial charge is 0.372 e. The van der Waals surface area contributed by atoms with E-state index in [2.05, 4.69) is 10.1 Å². The molecule has 0 aromatic carbocycles. The fraction of sp³-hybridized carbons (Fsp3) is 0.462. The van der Waals surface area contributed by atoms with Gasteiger partial charge < -0.3 is 9.64 Å². The summed E-state index contributed by atoms with van der Waals surface area (Å²) in [5.74, 6) is -0.0318. The molecule has 1 amide bonds. The van der Waals surface area contributed by atoms with Gasteiger partial charge in [-0.3, -0.25) is 4.79 Å². The molecule has 1 fully saturated rings. The number of carbonyl (C=O) groups is 1. The number of rotatable bonds is 1. The van der Waals surface area contributed by atoms with E-state index in [4.69, 9.17) is 4.74 Å². The minimum Gasteiger partial charge on any atom is -0.372 e. The van der Waals surface area contributed by atoms with Crippen molar-refractivity contribution in [3.05, 3.63) is 30.2 Å². The number of nitrogens with zero attached hydrogens (tertiary/aromatic N) is 4.